The van der Waals surface area contributed by atoms with Crippen molar-refractivity contribution in [3.8, 4) is 0 Å². The molecule has 2 unspecified atom stereocenters. The second kappa shape index (κ2) is 3.66. The van der Waals surface area contributed by atoms with Gasteiger partial charge in [0.25, 0.3) is 0 Å². The van der Waals surface area contributed by atoms with Gasteiger partial charge < -0.3 is 10.2 Å². The molecular weight excluding hydrogens is 168 g/mol. The zero-order valence-electron chi connectivity index (χ0n) is 8.29. The predicted molar refractivity (Wildman–Crippen MR) is 49.4 cm³/mol. The first kappa shape index (κ1) is 10.5. The Bertz CT molecular complexity index is 198. The van der Waals surface area contributed by atoms with Crippen LogP contribution in [0.15, 0.2) is 0 Å². The molecule has 0 saturated heterocycles. The molecule has 0 heterocycles. The lowest BCUT2D eigenvalue weighted by Gasteiger charge is -2.28. The van der Waals surface area contributed by atoms with Crippen molar-refractivity contribution in [2.24, 2.45) is 11.8 Å². The summed E-state index contributed by atoms with van der Waals surface area (Å²) in [7, 11) is 0. The van der Waals surface area contributed by atoms with Gasteiger partial charge in [0.05, 0.1) is 0 Å². The van der Waals surface area contributed by atoms with E-state index in [0.29, 0.717) is 5.92 Å². The Kier molecular flexibility index (Phi) is 2.96. The van der Waals surface area contributed by atoms with Crippen LogP contribution in [0.5, 0.6) is 0 Å². The van der Waals surface area contributed by atoms with Crippen LogP contribution < -0.4 is 0 Å². The van der Waals surface area contributed by atoms with Gasteiger partial charge in [0, 0.05) is 0 Å². The van der Waals surface area contributed by atoms with E-state index in [2.05, 4.69) is 0 Å². The van der Waals surface area contributed by atoms with Crippen LogP contribution in [0.2, 0.25) is 0 Å². The van der Waals surface area contributed by atoms with Crippen LogP contribution in [0.25, 0.3) is 0 Å². The number of carbonyl (C=O) groups is 1. The topological polar surface area (TPSA) is 57.5 Å². The maximum atomic E-state index is 10.8. The average Bonchev–Trinajstić information content (AvgIpc) is 2.86. The van der Waals surface area contributed by atoms with Crippen LogP contribution in [0.4, 0.5) is 0 Å². The zero-order chi connectivity index (χ0) is 10.1. The van der Waals surface area contributed by atoms with Crippen LogP contribution in [-0.2, 0) is 4.79 Å². The molecule has 1 rings (SSSR count). The van der Waals surface area contributed by atoms with Gasteiger partial charge in [-0.3, -0.25) is 0 Å². The molecule has 1 aliphatic rings. The highest BCUT2D eigenvalue weighted by Crippen LogP contribution is 2.39. The third-order valence-electron chi connectivity index (χ3n) is 3.11. The van der Waals surface area contributed by atoms with Crippen LogP contribution in [0.3, 0.4) is 0 Å². The summed E-state index contributed by atoms with van der Waals surface area (Å²) < 4.78 is 0. The van der Waals surface area contributed by atoms with Gasteiger partial charge in [-0.1, -0.05) is 26.7 Å². The minimum Gasteiger partial charge on any atom is -0.479 e. The number of carboxylic acid groups (broad SMARTS) is 1. The Hall–Kier alpha value is -0.570. The number of carboxylic acids is 1. The van der Waals surface area contributed by atoms with Gasteiger partial charge in [0.1, 0.15) is 0 Å². The number of rotatable bonds is 5. The molecule has 2 N–H and O–H groups in total. The van der Waals surface area contributed by atoms with E-state index in [1.165, 1.54) is 12.8 Å². The SMILES string of the molecule is CCC(O)(C(=O)O)C(C)CC1CC1. The number of aliphatic hydroxyl groups is 1. The summed E-state index contributed by atoms with van der Waals surface area (Å²) in [5, 5.41) is 18.7. The second-order valence-electron chi connectivity index (χ2n) is 4.16. The van der Waals surface area contributed by atoms with E-state index in [9.17, 15) is 9.90 Å². The van der Waals surface area contributed by atoms with Gasteiger partial charge >= 0.3 is 5.97 Å². The Morgan fingerprint density at radius 3 is 2.46 bits per heavy atom. The lowest BCUT2D eigenvalue weighted by molar-refractivity contribution is -0.165. The Balaban J connectivity index is 2.56. The van der Waals surface area contributed by atoms with Crippen molar-refractivity contribution in [1.29, 1.82) is 0 Å². The minimum atomic E-state index is -1.51. The normalized spacial score (nSPS) is 23.6. The van der Waals surface area contributed by atoms with Crippen LogP contribution >= 0.6 is 0 Å². The Morgan fingerprint density at radius 2 is 2.15 bits per heavy atom. The monoisotopic (exact) mass is 186 g/mol. The van der Waals surface area contributed by atoms with Crippen molar-refractivity contribution in [1.82, 2.24) is 0 Å². The van der Waals surface area contributed by atoms with Gasteiger partial charge in [-0.15, -0.1) is 0 Å². The largest absolute Gasteiger partial charge is 0.479 e. The van der Waals surface area contributed by atoms with E-state index in [1.807, 2.05) is 6.92 Å². The molecular formula is C10H18O3. The molecule has 0 aromatic carbocycles. The number of hydrogen-bond acceptors (Lipinski definition) is 2. The quantitative estimate of drug-likeness (QED) is 0.686. The lowest BCUT2D eigenvalue weighted by Crippen LogP contribution is -2.44. The summed E-state index contributed by atoms with van der Waals surface area (Å²) in [6.45, 7) is 3.55. The maximum Gasteiger partial charge on any atom is 0.335 e. The molecule has 13 heavy (non-hydrogen) atoms. The number of aliphatic carboxylic acids is 1. The van der Waals surface area contributed by atoms with Crippen LogP contribution in [-0.4, -0.2) is 21.8 Å². The highest BCUT2D eigenvalue weighted by Gasteiger charge is 2.41. The van der Waals surface area contributed by atoms with Gasteiger partial charge in [-0.25, -0.2) is 4.79 Å². The molecule has 0 aromatic heterocycles. The third kappa shape index (κ3) is 2.21. The minimum absolute atomic E-state index is 0.137. The first-order valence-electron chi connectivity index (χ1n) is 4.96. The molecule has 76 valence electrons. The molecule has 0 amide bonds. The van der Waals surface area contributed by atoms with Gasteiger partial charge in [0.15, 0.2) is 5.60 Å². The van der Waals surface area contributed by atoms with Crippen molar-refractivity contribution in [2.75, 3.05) is 0 Å². The fourth-order valence-corrected chi connectivity index (χ4v) is 1.76. The molecule has 2 atom stereocenters. The molecule has 1 fully saturated rings. The van der Waals surface area contributed by atoms with Crippen molar-refractivity contribution in [2.45, 2.75) is 45.1 Å². The van der Waals surface area contributed by atoms with E-state index in [-0.39, 0.29) is 12.3 Å². The molecule has 1 aliphatic carbocycles. The standard InChI is InChI=1S/C10H18O3/c1-3-10(13,9(11)12)7(2)6-8-4-5-8/h7-8,13H,3-6H2,1-2H3,(H,11,12). The van der Waals surface area contributed by atoms with Crippen molar-refractivity contribution >= 4 is 5.97 Å². The van der Waals surface area contributed by atoms with Crippen molar-refractivity contribution in [3.05, 3.63) is 0 Å². The average molecular weight is 186 g/mol. The predicted octanol–water partition coefficient (Wildman–Crippen LogP) is 1.65. The molecule has 0 aromatic rings. The highest BCUT2D eigenvalue weighted by atomic mass is 16.4. The second-order valence-corrected chi connectivity index (χ2v) is 4.16. The van der Waals surface area contributed by atoms with E-state index in [0.717, 1.165) is 6.42 Å². The van der Waals surface area contributed by atoms with E-state index < -0.39 is 11.6 Å². The van der Waals surface area contributed by atoms with Gasteiger partial charge in [-0.05, 0) is 24.7 Å². The summed E-state index contributed by atoms with van der Waals surface area (Å²) in [5.74, 6) is -0.557. The van der Waals surface area contributed by atoms with E-state index in [1.54, 1.807) is 6.92 Å². The van der Waals surface area contributed by atoms with Crippen LogP contribution in [0.1, 0.15) is 39.5 Å². The fraction of sp³-hybridized carbons (Fsp3) is 0.900. The zero-order valence-corrected chi connectivity index (χ0v) is 8.29. The first-order chi connectivity index (χ1) is 6.00. The smallest absolute Gasteiger partial charge is 0.335 e. The molecule has 0 radical (unpaired) electrons. The summed E-state index contributed by atoms with van der Waals surface area (Å²) >= 11 is 0. The fourth-order valence-electron chi connectivity index (χ4n) is 1.76. The highest BCUT2D eigenvalue weighted by molar-refractivity contribution is 5.77. The molecule has 0 aliphatic heterocycles. The molecule has 3 heteroatoms. The number of hydrogen-bond donors (Lipinski definition) is 2. The van der Waals surface area contributed by atoms with Crippen molar-refractivity contribution in [3.63, 3.8) is 0 Å². The lowest BCUT2D eigenvalue weighted by atomic mass is 9.83. The van der Waals surface area contributed by atoms with Gasteiger partial charge in [-0.2, -0.15) is 0 Å². The molecule has 1 saturated carbocycles. The third-order valence-corrected chi connectivity index (χ3v) is 3.11. The summed E-state index contributed by atoms with van der Waals surface area (Å²) in [6, 6.07) is 0. The molecule has 0 spiro atoms. The maximum absolute atomic E-state index is 10.8. The van der Waals surface area contributed by atoms with Crippen molar-refractivity contribution < 1.29 is 15.0 Å². The first-order valence-corrected chi connectivity index (χ1v) is 4.96. The summed E-state index contributed by atoms with van der Waals surface area (Å²) in [6.07, 6.45) is 3.53. The molecule has 3 nitrogen and oxygen atoms in total. The summed E-state index contributed by atoms with van der Waals surface area (Å²) in [5.41, 5.74) is -1.51. The van der Waals surface area contributed by atoms with Crippen LogP contribution in [0, 0.1) is 11.8 Å². The molecule has 0 bridgehead atoms. The Morgan fingerprint density at radius 1 is 1.62 bits per heavy atom. The van der Waals surface area contributed by atoms with Gasteiger partial charge in [0.2, 0.25) is 0 Å². The summed E-state index contributed by atoms with van der Waals surface area (Å²) in [4.78, 5) is 10.8. The van der Waals surface area contributed by atoms with E-state index in [4.69, 9.17) is 5.11 Å². The van der Waals surface area contributed by atoms with E-state index >= 15 is 0 Å². The Labute approximate surface area is 78.8 Å².